The monoisotopic (exact) mass is 339 g/mol. The highest BCUT2D eigenvalue weighted by Crippen LogP contribution is 2.33. The number of nitrogens with two attached hydrogens (primary N) is 1. The van der Waals surface area contributed by atoms with E-state index in [0.29, 0.717) is 22.8 Å². The molecule has 0 fully saturated rings. The molecule has 22 heavy (non-hydrogen) atoms. The summed E-state index contributed by atoms with van der Waals surface area (Å²) in [6.45, 7) is 0.668. The molecule has 0 saturated heterocycles. The Morgan fingerprint density at radius 3 is 2.64 bits per heavy atom. The van der Waals surface area contributed by atoms with Crippen molar-refractivity contribution >= 4 is 36.6 Å². The molecule has 1 aliphatic rings. The van der Waals surface area contributed by atoms with Crippen LogP contribution >= 0.6 is 24.0 Å². The van der Waals surface area contributed by atoms with Crippen LogP contribution in [-0.2, 0) is 11.3 Å². The third-order valence-electron chi connectivity index (χ3n) is 3.51. The number of ether oxygens (including phenoxy) is 1. The molecular weight excluding hydrogens is 324 g/mol. The van der Waals surface area contributed by atoms with Gasteiger partial charge >= 0.3 is 7.12 Å². The summed E-state index contributed by atoms with van der Waals surface area (Å²) in [5, 5.41) is 10.6. The summed E-state index contributed by atoms with van der Waals surface area (Å²) < 4.78 is 11.2. The lowest BCUT2D eigenvalue weighted by Gasteiger charge is -2.13. The van der Waals surface area contributed by atoms with Crippen LogP contribution in [0, 0.1) is 0 Å². The van der Waals surface area contributed by atoms with E-state index in [1.807, 2.05) is 30.3 Å². The minimum Gasteiger partial charge on any atom is -0.489 e. The normalized spacial score (nSPS) is 16.1. The first kappa shape index (κ1) is 17.1. The van der Waals surface area contributed by atoms with Gasteiger partial charge in [-0.3, -0.25) is 0 Å². The van der Waals surface area contributed by atoms with Crippen LogP contribution in [0.2, 0.25) is 5.02 Å². The van der Waals surface area contributed by atoms with Gasteiger partial charge in [-0.1, -0.05) is 41.9 Å². The first-order valence-corrected chi connectivity index (χ1v) is 7.11. The zero-order valence-corrected chi connectivity index (χ0v) is 13.3. The molecule has 7 heteroatoms. The second-order valence-electron chi connectivity index (χ2n) is 4.86. The highest BCUT2D eigenvalue weighted by Gasteiger charge is 2.39. The highest BCUT2D eigenvalue weighted by molar-refractivity contribution is 6.63. The Morgan fingerprint density at radius 1 is 1.23 bits per heavy atom. The molecule has 0 aliphatic carbocycles. The van der Waals surface area contributed by atoms with E-state index in [2.05, 4.69) is 0 Å². The molecule has 0 spiro atoms. The summed E-state index contributed by atoms with van der Waals surface area (Å²) in [4.78, 5) is 0. The van der Waals surface area contributed by atoms with Gasteiger partial charge in [-0.25, -0.2) is 0 Å². The van der Waals surface area contributed by atoms with E-state index in [9.17, 15) is 5.02 Å². The standard InChI is InChI=1S/C15H15BClNO3.ClH/c17-11-6-7-12(20-9-10-4-2-1-3-5-10)15-14(11)13(8-18)21-16(15)19;/h1-7,13,19H,8-9,18H2;1H. The smallest absolute Gasteiger partial charge is 0.489 e. The van der Waals surface area contributed by atoms with Crippen molar-refractivity contribution in [1.29, 1.82) is 0 Å². The molecule has 1 unspecified atom stereocenters. The molecule has 0 aromatic heterocycles. The number of hydrogen-bond acceptors (Lipinski definition) is 4. The van der Waals surface area contributed by atoms with E-state index in [4.69, 9.17) is 26.7 Å². The van der Waals surface area contributed by atoms with Gasteiger partial charge in [0.05, 0.1) is 6.10 Å². The van der Waals surface area contributed by atoms with E-state index in [1.165, 1.54) is 0 Å². The summed E-state index contributed by atoms with van der Waals surface area (Å²) in [6.07, 6.45) is -0.400. The van der Waals surface area contributed by atoms with Gasteiger partial charge in [0.25, 0.3) is 0 Å². The Bertz CT molecular complexity index is 642. The summed E-state index contributed by atoms with van der Waals surface area (Å²) in [5.74, 6) is 0.571. The fourth-order valence-corrected chi connectivity index (χ4v) is 2.78. The van der Waals surface area contributed by atoms with Crippen LogP contribution in [0.3, 0.4) is 0 Å². The second-order valence-corrected chi connectivity index (χ2v) is 5.27. The van der Waals surface area contributed by atoms with Crippen molar-refractivity contribution in [3.63, 3.8) is 0 Å². The molecule has 0 radical (unpaired) electrons. The molecule has 2 aromatic rings. The third kappa shape index (κ3) is 3.24. The van der Waals surface area contributed by atoms with Crippen molar-refractivity contribution in [1.82, 2.24) is 0 Å². The quantitative estimate of drug-likeness (QED) is 0.837. The first-order valence-electron chi connectivity index (χ1n) is 6.73. The number of fused-ring (bicyclic) bond motifs is 1. The van der Waals surface area contributed by atoms with E-state index in [1.54, 1.807) is 12.1 Å². The number of halogens is 2. The highest BCUT2D eigenvalue weighted by atomic mass is 35.5. The van der Waals surface area contributed by atoms with Crippen LogP contribution in [-0.4, -0.2) is 18.7 Å². The summed E-state index contributed by atoms with van der Waals surface area (Å²) in [7, 11) is -1.06. The zero-order chi connectivity index (χ0) is 14.8. The summed E-state index contributed by atoms with van der Waals surface area (Å²) >= 11 is 6.20. The topological polar surface area (TPSA) is 64.7 Å². The number of hydrogen-bond donors (Lipinski definition) is 2. The van der Waals surface area contributed by atoms with Crippen LogP contribution in [0.4, 0.5) is 0 Å². The molecular formula is C15H16BCl2NO3. The van der Waals surface area contributed by atoms with Gasteiger partial charge in [-0.05, 0) is 17.7 Å². The van der Waals surface area contributed by atoms with E-state index in [0.717, 1.165) is 11.1 Å². The predicted octanol–water partition coefficient (Wildman–Crippen LogP) is 2.06. The largest absolute Gasteiger partial charge is 0.495 e. The maximum atomic E-state index is 10.1. The minimum atomic E-state index is -1.06. The molecule has 0 bridgehead atoms. The number of benzene rings is 2. The van der Waals surface area contributed by atoms with Crippen molar-refractivity contribution in [3.8, 4) is 5.75 Å². The molecule has 0 saturated carbocycles. The Morgan fingerprint density at radius 2 is 1.95 bits per heavy atom. The molecule has 1 heterocycles. The molecule has 4 nitrogen and oxygen atoms in total. The average Bonchev–Trinajstić information content (AvgIpc) is 2.86. The minimum absolute atomic E-state index is 0. The van der Waals surface area contributed by atoms with Crippen LogP contribution in [0.1, 0.15) is 17.2 Å². The van der Waals surface area contributed by atoms with Gasteiger partial charge in [0.15, 0.2) is 0 Å². The molecule has 2 aromatic carbocycles. The van der Waals surface area contributed by atoms with Gasteiger partial charge < -0.3 is 20.1 Å². The maximum Gasteiger partial charge on any atom is 0.495 e. The van der Waals surface area contributed by atoms with Gasteiger partial charge in [0.2, 0.25) is 0 Å². The molecule has 3 rings (SSSR count). The van der Waals surface area contributed by atoms with Crippen LogP contribution < -0.4 is 15.9 Å². The fourth-order valence-electron chi connectivity index (χ4n) is 2.50. The Kier molecular flexibility index (Phi) is 5.72. The van der Waals surface area contributed by atoms with Gasteiger partial charge in [-0.2, -0.15) is 0 Å². The zero-order valence-electron chi connectivity index (χ0n) is 11.7. The SMILES string of the molecule is Cl.NCC1OB(O)c2c(OCc3ccccc3)ccc(Cl)c21. The average molecular weight is 340 g/mol. The fraction of sp³-hybridized carbons (Fsp3) is 0.200. The van der Waals surface area contributed by atoms with Gasteiger partial charge in [0.1, 0.15) is 12.4 Å². The molecule has 116 valence electrons. The molecule has 1 atom stereocenters. The van der Waals surface area contributed by atoms with Crippen molar-refractivity contribution in [3.05, 3.63) is 58.6 Å². The third-order valence-corrected chi connectivity index (χ3v) is 3.84. The Balaban J connectivity index is 0.00000176. The number of rotatable bonds is 4. The lowest BCUT2D eigenvalue weighted by atomic mass is 9.78. The van der Waals surface area contributed by atoms with Crippen LogP contribution in [0.5, 0.6) is 5.75 Å². The summed E-state index contributed by atoms with van der Waals surface area (Å²) in [5.41, 5.74) is 8.00. The van der Waals surface area contributed by atoms with E-state index < -0.39 is 13.2 Å². The molecule has 0 amide bonds. The molecule has 1 aliphatic heterocycles. The van der Waals surface area contributed by atoms with Crippen LogP contribution in [0.25, 0.3) is 0 Å². The summed E-state index contributed by atoms with van der Waals surface area (Å²) in [6, 6.07) is 13.3. The van der Waals surface area contributed by atoms with Crippen molar-refractivity contribution in [2.24, 2.45) is 5.73 Å². The Labute approximate surface area is 140 Å². The van der Waals surface area contributed by atoms with Crippen molar-refractivity contribution in [2.75, 3.05) is 6.54 Å². The van der Waals surface area contributed by atoms with Crippen molar-refractivity contribution in [2.45, 2.75) is 12.7 Å². The first-order chi connectivity index (χ1) is 10.2. The van der Waals surface area contributed by atoms with Crippen LogP contribution in [0.15, 0.2) is 42.5 Å². The predicted molar refractivity (Wildman–Crippen MR) is 90.0 cm³/mol. The molecule has 3 N–H and O–H groups in total. The van der Waals surface area contributed by atoms with E-state index >= 15 is 0 Å². The van der Waals surface area contributed by atoms with E-state index in [-0.39, 0.29) is 19.0 Å². The van der Waals surface area contributed by atoms with Crippen molar-refractivity contribution < 1.29 is 14.4 Å². The maximum absolute atomic E-state index is 10.1. The van der Waals surface area contributed by atoms with Gasteiger partial charge in [0, 0.05) is 22.6 Å². The Hall–Kier alpha value is -1.24. The lowest BCUT2D eigenvalue weighted by Crippen LogP contribution is -2.30. The lowest BCUT2D eigenvalue weighted by molar-refractivity contribution is 0.198. The van der Waals surface area contributed by atoms with Gasteiger partial charge in [-0.15, -0.1) is 12.4 Å². The second kappa shape index (κ2) is 7.35.